The monoisotopic (exact) mass is 356 g/mol. The number of guanidine groups is 1. The second kappa shape index (κ2) is 6.75. The van der Waals surface area contributed by atoms with E-state index in [1.54, 1.807) is 0 Å². The molecule has 6 heteroatoms. The molecule has 1 fully saturated rings. The third-order valence-corrected chi connectivity index (χ3v) is 2.92. The van der Waals surface area contributed by atoms with E-state index >= 15 is 0 Å². The molecule has 102 valence electrons. The average Bonchev–Trinajstić information content (AvgIpc) is 2.13. The van der Waals surface area contributed by atoms with Gasteiger partial charge in [-0.2, -0.15) is 0 Å². The zero-order valence-electron chi connectivity index (χ0n) is 11.1. The Bertz CT molecular complexity index is 256. The first-order valence-corrected chi connectivity index (χ1v) is 5.77. The highest BCUT2D eigenvalue weighted by Gasteiger charge is 2.32. The maximum Gasteiger partial charge on any atom is 0.185 e. The molecule has 0 spiro atoms. The largest absolute Gasteiger partial charge is 0.373 e. The van der Waals surface area contributed by atoms with Gasteiger partial charge in [0.25, 0.3) is 0 Å². The van der Waals surface area contributed by atoms with Crippen LogP contribution in [-0.4, -0.2) is 48.2 Å². The Labute approximate surface area is 121 Å². The van der Waals surface area contributed by atoms with Crippen molar-refractivity contribution in [3.05, 3.63) is 0 Å². The molecule has 1 aliphatic heterocycles. The molecule has 1 saturated heterocycles. The van der Waals surface area contributed by atoms with Crippen molar-refractivity contribution in [3.8, 4) is 0 Å². The normalized spacial score (nSPS) is 26.1. The van der Waals surface area contributed by atoms with E-state index in [9.17, 15) is 0 Å². The molecule has 0 saturated carbocycles. The number of aliphatic imine (C=N–C) groups is 1. The van der Waals surface area contributed by atoms with Gasteiger partial charge in [-0.05, 0) is 27.7 Å². The molecule has 1 heterocycles. The molecular formula is C11H25IN4O. The van der Waals surface area contributed by atoms with Crippen LogP contribution in [0, 0.1) is 0 Å². The standard InChI is InChI=1S/C11H24N4O.HI/c1-8-5-15(6-9(2)16-8)11(3,4)7-14-10(12)13;/h8-9H,5-7H2,1-4H3,(H4,12,13,14);1H. The lowest BCUT2D eigenvalue weighted by molar-refractivity contribution is -0.0939. The van der Waals surface area contributed by atoms with Gasteiger partial charge in [-0.15, -0.1) is 24.0 Å². The molecule has 17 heavy (non-hydrogen) atoms. The van der Waals surface area contributed by atoms with Crippen LogP contribution in [0.5, 0.6) is 0 Å². The fourth-order valence-corrected chi connectivity index (χ4v) is 2.06. The lowest BCUT2D eigenvalue weighted by Gasteiger charge is -2.44. The minimum atomic E-state index is -0.0315. The summed E-state index contributed by atoms with van der Waals surface area (Å²) in [6, 6.07) is 0. The van der Waals surface area contributed by atoms with Crippen LogP contribution in [0.15, 0.2) is 4.99 Å². The van der Waals surface area contributed by atoms with Crippen molar-refractivity contribution in [1.82, 2.24) is 4.90 Å². The lowest BCUT2D eigenvalue weighted by atomic mass is 10.0. The Hall–Kier alpha value is -0.0800. The maximum atomic E-state index is 5.71. The highest BCUT2D eigenvalue weighted by Crippen LogP contribution is 2.21. The van der Waals surface area contributed by atoms with Crippen LogP contribution < -0.4 is 11.5 Å². The summed E-state index contributed by atoms with van der Waals surface area (Å²) in [6.45, 7) is 11.0. The fourth-order valence-electron chi connectivity index (χ4n) is 2.06. The summed E-state index contributed by atoms with van der Waals surface area (Å²) in [5, 5.41) is 0. The van der Waals surface area contributed by atoms with Gasteiger partial charge in [0.2, 0.25) is 0 Å². The molecule has 0 aromatic carbocycles. The number of hydrogen-bond donors (Lipinski definition) is 2. The third-order valence-electron chi connectivity index (χ3n) is 2.92. The summed E-state index contributed by atoms with van der Waals surface area (Å²) in [6.07, 6.45) is 0.532. The van der Waals surface area contributed by atoms with Gasteiger partial charge in [0.1, 0.15) is 0 Å². The molecule has 5 nitrogen and oxygen atoms in total. The van der Waals surface area contributed by atoms with E-state index in [1.165, 1.54) is 0 Å². The van der Waals surface area contributed by atoms with Gasteiger partial charge in [0.05, 0.1) is 18.8 Å². The van der Waals surface area contributed by atoms with Crippen LogP contribution in [0.25, 0.3) is 0 Å². The first-order chi connectivity index (χ1) is 7.31. The molecule has 1 aliphatic rings. The number of nitrogens with two attached hydrogens (primary N) is 2. The fraction of sp³-hybridized carbons (Fsp3) is 0.909. The second-order valence-electron chi connectivity index (χ2n) is 5.22. The minimum Gasteiger partial charge on any atom is -0.373 e. The van der Waals surface area contributed by atoms with Gasteiger partial charge in [-0.1, -0.05) is 0 Å². The van der Waals surface area contributed by atoms with Gasteiger partial charge < -0.3 is 16.2 Å². The Balaban J connectivity index is 0.00000256. The number of morpholine rings is 1. The van der Waals surface area contributed by atoms with Gasteiger partial charge in [-0.3, -0.25) is 9.89 Å². The van der Waals surface area contributed by atoms with Gasteiger partial charge in [0.15, 0.2) is 5.96 Å². The zero-order valence-corrected chi connectivity index (χ0v) is 13.5. The van der Waals surface area contributed by atoms with Crippen molar-refractivity contribution in [2.45, 2.75) is 45.4 Å². The number of hydrogen-bond acceptors (Lipinski definition) is 3. The van der Waals surface area contributed by atoms with Crippen LogP contribution in [0.4, 0.5) is 0 Å². The van der Waals surface area contributed by atoms with Crippen LogP contribution >= 0.6 is 24.0 Å². The van der Waals surface area contributed by atoms with Crippen molar-refractivity contribution in [1.29, 1.82) is 0 Å². The van der Waals surface area contributed by atoms with Crippen molar-refractivity contribution < 1.29 is 4.74 Å². The van der Waals surface area contributed by atoms with Gasteiger partial charge in [0, 0.05) is 18.6 Å². The van der Waals surface area contributed by atoms with E-state index in [0.29, 0.717) is 6.54 Å². The number of nitrogens with zero attached hydrogens (tertiary/aromatic N) is 2. The molecule has 0 aliphatic carbocycles. The predicted molar refractivity (Wildman–Crippen MR) is 81.8 cm³/mol. The molecule has 0 bridgehead atoms. The van der Waals surface area contributed by atoms with Crippen molar-refractivity contribution >= 4 is 29.9 Å². The Morgan fingerprint density at radius 1 is 1.29 bits per heavy atom. The summed E-state index contributed by atoms with van der Waals surface area (Å²) in [5.74, 6) is 0.155. The molecule has 0 amide bonds. The Morgan fingerprint density at radius 3 is 2.18 bits per heavy atom. The highest BCUT2D eigenvalue weighted by molar-refractivity contribution is 14.0. The lowest BCUT2D eigenvalue weighted by Crippen LogP contribution is -2.56. The summed E-state index contributed by atoms with van der Waals surface area (Å²) in [7, 11) is 0. The first kappa shape index (κ1) is 16.9. The molecule has 1 rings (SSSR count). The summed E-state index contributed by atoms with van der Waals surface area (Å²) < 4.78 is 5.71. The van der Waals surface area contributed by atoms with Gasteiger partial charge >= 0.3 is 0 Å². The van der Waals surface area contributed by atoms with Gasteiger partial charge in [-0.25, -0.2) is 0 Å². The van der Waals surface area contributed by atoms with E-state index in [4.69, 9.17) is 16.2 Å². The van der Waals surface area contributed by atoms with Crippen LogP contribution in [0.2, 0.25) is 0 Å². The molecule has 2 atom stereocenters. The smallest absolute Gasteiger partial charge is 0.185 e. The van der Waals surface area contributed by atoms with E-state index in [2.05, 4.69) is 37.6 Å². The van der Waals surface area contributed by atoms with Crippen LogP contribution in [0.3, 0.4) is 0 Å². The van der Waals surface area contributed by atoms with Crippen LogP contribution in [0.1, 0.15) is 27.7 Å². The third kappa shape index (κ3) is 5.39. The van der Waals surface area contributed by atoms with E-state index in [-0.39, 0.29) is 47.7 Å². The molecule has 0 radical (unpaired) electrons. The number of halogens is 1. The van der Waals surface area contributed by atoms with E-state index in [1.807, 2.05) is 0 Å². The zero-order chi connectivity index (χ0) is 12.3. The second-order valence-corrected chi connectivity index (χ2v) is 5.22. The molecular weight excluding hydrogens is 331 g/mol. The first-order valence-electron chi connectivity index (χ1n) is 5.77. The summed E-state index contributed by atoms with van der Waals surface area (Å²) >= 11 is 0. The van der Waals surface area contributed by atoms with Crippen molar-refractivity contribution in [3.63, 3.8) is 0 Å². The minimum absolute atomic E-state index is 0. The Kier molecular flexibility index (Phi) is 6.71. The summed E-state index contributed by atoms with van der Waals surface area (Å²) in [5.41, 5.74) is 10.7. The maximum absolute atomic E-state index is 5.71. The SMILES string of the molecule is CC1CN(C(C)(C)CN=C(N)N)CC(C)O1.I. The molecule has 2 unspecified atom stereocenters. The van der Waals surface area contributed by atoms with Crippen molar-refractivity contribution in [2.24, 2.45) is 16.5 Å². The summed E-state index contributed by atoms with van der Waals surface area (Å²) in [4.78, 5) is 6.50. The van der Waals surface area contributed by atoms with Crippen LogP contribution in [-0.2, 0) is 4.74 Å². The van der Waals surface area contributed by atoms with E-state index < -0.39 is 0 Å². The molecule has 0 aromatic heterocycles. The van der Waals surface area contributed by atoms with Crippen molar-refractivity contribution in [2.75, 3.05) is 19.6 Å². The molecule has 4 N–H and O–H groups in total. The highest BCUT2D eigenvalue weighted by atomic mass is 127. The number of rotatable bonds is 3. The van der Waals surface area contributed by atoms with E-state index in [0.717, 1.165) is 13.1 Å². The average molecular weight is 356 g/mol. The Morgan fingerprint density at radius 2 is 1.76 bits per heavy atom. The topological polar surface area (TPSA) is 76.9 Å². The number of ether oxygens (including phenoxy) is 1. The quantitative estimate of drug-likeness (QED) is 0.445. The molecule has 0 aromatic rings. The predicted octanol–water partition coefficient (Wildman–Crippen LogP) is 0.766.